The number of benzene rings is 1. The number of piperidine rings is 3. The molecule has 3 aliphatic rings. The first-order valence-corrected chi connectivity index (χ1v) is 8.68. The number of aliphatic hydroxyl groups excluding tert-OH is 1. The fourth-order valence-corrected chi connectivity index (χ4v) is 4.44. The van der Waals surface area contributed by atoms with Gasteiger partial charge in [0.1, 0.15) is 5.75 Å². The number of hydrogen-bond donors (Lipinski definition) is 1. The molecule has 3 unspecified atom stereocenters. The van der Waals surface area contributed by atoms with Gasteiger partial charge in [-0.1, -0.05) is 6.08 Å². The van der Waals surface area contributed by atoms with Crippen molar-refractivity contribution in [2.45, 2.75) is 25.0 Å². The van der Waals surface area contributed by atoms with Crippen molar-refractivity contribution in [2.75, 3.05) is 20.2 Å². The molecular weight excluding hydrogens is 300 g/mol. The summed E-state index contributed by atoms with van der Waals surface area (Å²) in [6, 6.07) is 7.96. The van der Waals surface area contributed by atoms with Gasteiger partial charge in [-0.2, -0.15) is 0 Å². The lowest BCUT2D eigenvalue weighted by atomic mass is 9.73. The highest BCUT2D eigenvalue weighted by Crippen LogP contribution is 2.42. The third-order valence-corrected chi connectivity index (χ3v) is 5.82. The molecule has 1 N–H and O–H groups in total. The molecule has 3 aliphatic heterocycles. The predicted molar refractivity (Wildman–Crippen MR) is 95.0 cm³/mol. The summed E-state index contributed by atoms with van der Waals surface area (Å²) in [5, 5.41) is 12.1. The third-order valence-electron chi connectivity index (χ3n) is 5.82. The van der Waals surface area contributed by atoms with Gasteiger partial charge in [-0.25, -0.2) is 0 Å². The molecular formula is C20H24N2O2. The minimum absolute atomic E-state index is 0.178. The number of methoxy groups -OCH3 is 1. The molecule has 0 aliphatic carbocycles. The summed E-state index contributed by atoms with van der Waals surface area (Å²) in [5.41, 5.74) is 1.85. The largest absolute Gasteiger partial charge is 0.497 e. The number of ether oxygens (including phenoxy) is 1. The van der Waals surface area contributed by atoms with E-state index in [1.807, 2.05) is 24.3 Å². The molecule has 2 aromatic rings. The highest BCUT2D eigenvalue weighted by molar-refractivity contribution is 5.83. The van der Waals surface area contributed by atoms with E-state index in [4.69, 9.17) is 4.74 Å². The maximum absolute atomic E-state index is 11.2. The van der Waals surface area contributed by atoms with Crippen LogP contribution in [-0.4, -0.2) is 41.2 Å². The van der Waals surface area contributed by atoms with Gasteiger partial charge in [-0.05, 0) is 61.1 Å². The number of rotatable bonds is 4. The number of aliphatic hydroxyl groups is 1. The van der Waals surface area contributed by atoms with Crippen molar-refractivity contribution >= 4 is 10.9 Å². The molecule has 0 radical (unpaired) electrons. The Hall–Kier alpha value is -1.91. The van der Waals surface area contributed by atoms with E-state index < -0.39 is 6.10 Å². The van der Waals surface area contributed by atoms with E-state index in [1.54, 1.807) is 13.3 Å². The van der Waals surface area contributed by atoms with Crippen molar-refractivity contribution in [1.29, 1.82) is 0 Å². The Bertz CT molecular complexity index is 760. The summed E-state index contributed by atoms with van der Waals surface area (Å²) in [6.45, 7) is 6.07. The number of pyridine rings is 1. The number of nitrogens with zero attached hydrogens (tertiary/aromatic N) is 2. The molecule has 0 amide bonds. The molecule has 5 rings (SSSR count). The van der Waals surface area contributed by atoms with Crippen molar-refractivity contribution in [1.82, 2.24) is 9.88 Å². The van der Waals surface area contributed by atoms with E-state index in [0.29, 0.717) is 11.8 Å². The van der Waals surface area contributed by atoms with E-state index in [1.165, 1.54) is 6.42 Å². The molecule has 1 aromatic heterocycles. The second-order valence-electron chi connectivity index (χ2n) is 6.97. The van der Waals surface area contributed by atoms with E-state index >= 15 is 0 Å². The normalized spacial score (nSPS) is 30.2. The monoisotopic (exact) mass is 324 g/mol. The standard InChI is InChI=1S/C20H24N2O2/c1-3-13-12-22-9-7-14(13)10-19(22)20(23)16-6-8-21-18-5-4-15(24-2)11-17(16)18/h3-6,8,11,13-14,19-20,23H,1,7,9-10,12H2,2H3/t13-,14?,19?,20-/m1/s1. The van der Waals surface area contributed by atoms with E-state index in [0.717, 1.165) is 41.7 Å². The van der Waals surface area contributed by atoms with Crippen molar-refractivity contribution in [3.05, 3.63) is 48.7 Å². The molecule has 5 atom stereocenters. The molecule has 4 nitrogen and oxygen atoms in total. The zero-order valence-corrected chi connectivity index (χ0v) is 14.1. The number of hydrogen-bond acceptors (Lipinski definition) is 4. The van der Waals surface area contributed by atoms with Crippen molar-refractivity contribution in [3.63, 3.8) is 0 Å². The lowest BCUT2D eigenvalue weighted by molar-refractivity contribution is -0.0444. The van der Waals surface area contributed by atoms with Gasteiger partial charge in [0.25, 0.3) is 0 Å². The lowest BCUT2D eigenvalue weighted by Crippen LogP contribution is -2.54. The summed E-state index contributed by atoms with van der Waals surface area (Å²) >= 11 is 0. The smallest absolute Gasteiger partial charge is 0.119 e. The molecule has 4 heteroatoms. The van der Waals surface area contributed by atoms with Gasteiger partial charge >= 0.3 is 0 Å². The van der Waals surface area contributed by atoms with Gasteiger partial charge < -0.3 is 9.84 Å². The maximum atomic E-state index is 11.2. The average molecular weight is 324 g/mol. The fourth-order valence-electron chi connectivity index (χ4n) is 4.44. The van der Waals surface area contributed by atoms with Crippen LogP contribution in [0.1, 0.15) is 24.5 Å². The van der Waals surface area contributed by atoms with Gasteiger partial charge in [0.05, 0.1) is 18.7 Å². The van der Waals surface area contributed by atoms with Crippen LogP contribution in [0.15, 0.2) is 43.1 Å². The first-order valence-electron chi connectivity index (χ1n) is 8.68. The quantitative estimate of drug-likeness (QED) is 0.878. The molecule has 3 fully saturated rings. The molecule has 24 heavy (non-hydrogen) atoms. The Morgan fingerprint density at radius 1 is 1.42 bits per heavy atom. The van der Waals surface area contributed by atoms with Crippen molar-refractivity contribution in [2.24, 2.45) is 11.8 Å². The minimum Gasteiger partial charge on any atom is -0.497 e. The van der Waals surface area contributed by atoms with E-state index in [-0.39, 0.29) is 6.04 Å². The van der Waals surface area contributed by atoms with Crippen LogP contribution in [0.2, 0.25) is 0 Å². The van der Waals surface area contributed by atoms with Gasteiger partial charge in [0.2, 0.25) is 0 Å². The average Bonchev–Trinajstić information content (AvgIpc) is 2.66. The van der Waals surface area contributed by atoms with Gasteiger partial charge in [0, 0.05) is 24.2 Å². The predicted octanol–water partition coefficient (Wildman–Crippen LogP) is 3.17. The second kappa shape index (κ2) is 6.19. The first kappa shape index (κ1) is 15.6. The van der Waals surface area contributed by atoms with Crippen molar-refractivity contribution < 1.29 is 9.84 Å². The van der Waals surface area contributed by atoms with Crippen LogP contribution in [0.3, 0.4) is 0 Å². The second-order valence-corrected chi connectivity index (χ2v) is 6.97. The maximum Gasteiger partial charge on any atom is 0.119 e. The molecule has 2 bridgehead atoms. The van der Waals surface area contributed by atoms with E-state index in [9.17, 15) is 5.11 Å². The fraction of sp³-hybridized carbons (Fsp3) is 0.450. The van der Waals surface area contributed by atoms with Crippen LogP contribution in [0.25, 0.3) is 10.9 Å². The van der Waals surface area contributed by atoms with Gasteiger partial charge in [0.15, 0.2) is 0 Å². The lowest BCUT2D eigenvalue weighted by Gasteiger charge is -2.50. The highest BCUT2D eigenvalue weighted by atomic mass is 16.5. The Labute approximate surface area is 142 Å². The van der Waals surface area contributed by atoms with Crippen LogP contribution in [0, 0.1) is 11.8 Å². The highest BCUT2D eigenvalue weighted by Gasteiger charge is 2.42. The molecule has 0 spiro atoms. The Balaban J connectivity index is 1.69. The van der Waals surface area contributed by atoms with Crippen LogP contribution in [-0.2, 0) is 0 Å². The Morgan fingerprint density at radius 2 is 2.29 bits per heavy atom. The van der Waals surface area contributed by atoms with Crippen LogP contribution < -0.4 is 4.74 Å². The summed E-state index contributed by atoms with van der Waals surface area (Å²) in [6.07, 6.45) is 5.62. The zero-order valence-electron chi connectivity index (χ0n) is 14.1. The van der Waals surface area contributed by atoms with Crippen LogP contribution >= 0.6 is 0 Å². The zero-order chi connectivity index (χ0) is 16.7. The summed E-state index contributed by atoms with van der Waals surface area (Å²) in [7, 11) is 1.66. The van der Waals surface area contributed by atoms with Crippen molar-refractivity contribution in [3.8, 4) is 5.75 Å². The number of aromatic nitrogens is 1. The molecule has 3 saturated heterocycles. The van der Waals surface area contributed by atoms with Gasteiger partial charge in [-0.3, -0.25) is 9.88 Å². The molecule has 0 saturated carbocycles. The summed E-state index contributed by atoms with van der Waals surface area (Å²) in [5.74, 6) is 2.01. The van der Waals surface area contributed by atoms with E-state index in [2.05, 4.69) is 22.5 Å². The number of fused-ring (bicyclic) bond motifs is 4. The van der Waals surface area contributed by atoms with Crippen LogP contribution in [0.4, 0.5) is 0 Å². The minimum atomic E-state index is -0.504. The molecule has 4 heterocycles. The Morgan fingerprint density at radius 3 is 3.00 bits per heavy atom. The summed E-state index contributed by atoms with van der Waals surface area (Å²) < 4.78 is 5.35. The SMILES string of the molecule is C=C[C@@H]1CN2CCC1CC2[C@H](O)c1ccnc2ccc(OC)cc12. The molecule has 1 aromatic carbocycles. The van der Waals surface area contributed by atoms with Gasteiger partial charge in [-0.15, -0.1) is 6.58 Å². The Kier molecular flexibility index (Phi) is 4.02. The first-order chi connectivity index (χ1) is 11.7. The third kappa shape index (κ3) is 2.50. The molecule has 126 valence electrons. The van der Waals surface area contributed by atoms with Crippen LogP contribution in [0.5, 0.6) is 5.75 Å². The summed E-state index contributed by atoms with van der Waals surface area (Å²) in [4.78, 5) is 6.86. The topological polar surface area (TPSA) is 45.6 Å².